The van der Waals surface area contributed by atoms with Crippen molar-refractivity contribution in [3.8, 4) is 11.6 Å². The van der Waals surface area contributed by atoms with Crippen LogP contribution in [-0.4, -0.2) is 63.9 Å². The fraction of sp³-hybridized carbons (Fsp3) is 0.444. The molecule has 4 atom stereocenters. The van der Waals surface area contributed by atoms with Crippen LogP contribution >= 0.6 is 0 Å². The molecular weight excluding hydrogens is 462 g/mol. The number of pyridine rings is 1. The molecule has 1 aliphatic carbocycles. The van der Waals surface area contributed by atoms with E-state index >= 15 is 0 Å². The lowest BCUT2D eigenvalue weighted by Gasteiger charge is -2.29. The predicted molar refractivity (Wildman–Crippen MR) is 135 cm³/mol. The highest BCUT2D eigenvalue weighted by Crippen LogP contribution is 2.48. The Morgan fingerprint density at radius 3 is 2.67 bits per heavy atom. The van der Waals surface area contributed by atoms with Crippen LogP contribution in [0.15, 0.2) is 55.5 Å². The second-order valence-corrected chi connectivity index (χ2v) is 10.3. The maximum atomic E-state index is 13.4. The van der Waals surface area contributed by atoms with Gasteiger partial charge < -0.3 is 24.6 Å². The van der Waals surface area contributed by atoms with E-state index in [1.807, 2.05) is 24.3 Å². The number of benzene rings is 1. The Kier molecular flexibility index (Phi) is 6.60. The van der Waals surface area contributed by atoms with E-state index in [9.17, 15) is 14.7 Å². The number of fused-ring (bicyclic) bond motifs is 1. The second-order valence-electron chi connectivity index (χ2n) is 10.3. The zero-order chi connectivity index (χ0) is 26.3. The van der Waals surface area contributed by atoms with Gasteiger partial charge in [0.05, 0.1) is 13.7 Å². The third kappa shape index (κ3) is 4.96. The van der Waals surface area contributed by atoms with Gasteiger partial charge in [0.2, 0.25) is 11.8 Å². The monoisotopic (exact) mass is 495 g/mol. The first kappa shape index (κ1) is 25.3. The highest BCUT2D eigenvalue weighted by atomic mass is 16.6. The molecule has 0 bridgehead atoms. The van der Waals surface area contributed by atoms with Crippen LogP contribution in [-0.2, 0) is 9.53 Å². The van der Waals surface area contributed by atoms with Crippen LogP contribution in [0.25, 0.3) is 10.8 Å². The summed E-state index contributed by atoms with van der Waals surface area (Å²) in [5.74, 6) is 0.442. The summed E-state index contributed by atoms with van der Waals surface area (Å²) in [6, 6.07) is 6.56. The number of rotatable bonds is 7. The van der Waals surface area contributed by atoms with Gasteiger partial charge in [-0.05, 0) is 56.8 Å². The molecule has 2 aliphatic rings. The molecule has 2 heterocycles. The number of nitrogens with one attached hydrogen (secondary N) is 1. The molecular formula is C27H33N3O6. The van der Waals surface area contributed by atoms with Gasteiger partial charge in [0.15, 0.2) is 0 Å². The minimum atomic E-state index is -0.965. The first-order valence-corrected chi connectivity index (χ1v) is 11.9. The zero-order valence-corrected chi connectivity index (χ0v) is 21.1. The SMILES string of the molecule is C=C[C@@H]1C[C@]1(NC(=O)[C@@H]1C[C@@H](Oc2nccc3cc(OC)ccc23)CN1C(=O)OC(C)(C)C)C(=C)O. The number of methoxy groups -OCH3 is 1. The summed E-state index contributed by atoms with van der Waals surface area (Å²) in [5, 5.41) is 14.7. The number of amides is 2. The lowest BCUT2D eigenvalue weighted by atomic mass is 10.1. The van der Waals surface area contributed by atoms with E-state index in [2.05, 4.69) is 23.5 Å². The number of aliphatic hydroxyl groups is 1. The van der Waals surface area contributed by atoms with Crippen molar-refractivity contribution in [1.82, 2.24) is 15.2 Å². The lowest BCUT2D eigenvalue weighted by Crippen LogP contribution is -2.51. The molecule has 0 radical (unpaired) electrons. The van der Waals surface area contributed by atoms with Gasteiger partial charge in [0, 0.05) is 23.9 Å². The molecule has 0 unspecified atom stereocenters. The Bertz CT molecular complexity index is 1210. The van der Waals surface area contributed by atoms with Crippen LogP contribution < -0.4 is 14.8 Å². The summed E-state index contributed by atoms with van der Waals surface area (Å²) in [5.41, 5.74) is -1.70. The topological polar surface area (TPSA) is 110 Å². The lowest BCUT2D eigenvalue weighted by molar-refractivity contribution is -0.126. The highest BCUT2D eigenvalue weighted by Gasteiger charge is 2.58. The number of aromatic nitrogens is 1. The quantitative estimate of drug-likeness (QED) is 0.439. The van der Waals surface area contributed by atoms with Crippen LogP contribution in [0.5, 0.6) is 11.6 Å². The molecule has 9 nitrogen and oxygen atoms in total. The van der Waals surface area contributed by atoms with E-state index in [0.29, 0.717) is 18.1 Å². The average Bonchev–Trinajstić information content (AvgIpc) is 3.37. The fourth-order valence-electron chi connectivity index (χ4n) is 4.58. The van der Waals surface area contributed by atoms with Crippen molar-refractivity contribution in [2.45, 2.75) is 56.9 Å². The third-order valence-electron chi connectivity index (χ3n) is 6.57. The minimum Gasteiger partial charge on any atom is -0.510 e. The normalized spacial score (nSPS) is 25.2. The molecule has 2 N–H and O–H groups in total. The van der Waals surface area contributed by atoms with Gasteiger partial charge in [-0.2, -0.15) is 0 Å². The van der Waals surface area contributed by atoms with Gasteiger partial charge >= 0.3 is 6.09 Å². The van der Waals surface area contributed by atoms with Gasteiger partial charge in [-0.25, -0.2) is 9.78 Å². The maximum Gasteiger partial charge on any atom is 0.411 e. The van der Waals surface area contributed by atoms with Crippen molar-refractivity contribution < 1.29 is 28.9 Å². The van der Waals surface area contributed by atoms with E-state index < -0.39 is 35.3 Å². The van der Waals surface area contributed by atoms with Crippen molar-refractivity contribution in [2.24, 2.45) is 5.92 Å². The summed E-state index contributed by atoms with van der Waals surface area (Å²) in [6.07, 6.45) is 2.93. The highest BCUT2D eigenvalue weighted by molar-refractivity contribution is 5.89. The molecule has 36 heavy (non-hydrogen) atoms. The number of hydrogen-bond acceptors (Lipinski definition) is 7. The van der Waals surface area contributed by atoms with Crippen LogP contribution in [0, 0.1) is 5.92 Å². The zero-order valence-electron chi connectivity index (χ0n) is 21.1. The molecule has 0 spiro atoms. The van der Waals surface area contributed by atoms with Crippen molar-refractivity contribution in [3.63, 3.8) is 0 Å². The Balaban J connectivity index is 1.57. The number of ether oxygens (including phenoxy) is 3. The van der Waals surface area contributed by atoms with E-state index in [4.69, 9.17) is 14.2 Å². The molecule has 1 aromatic carbocycles. The molecule has 2 aromatic rings. The second kappa shape index (κ2) is 9.37. The van der Waals surface area contributed by atoms with E-state index in [1.54, 1.807) is 40.2 Å². The average molecular weight is 496 g/mol. The third-order valence-corrected chi connectivity index (χ3v) is 6.57. The molecule has 1 aliphatic heterocycles. The number of hydrogen-bond donors (Lipinski definition) is 2. The van der Waals surface area contributed by atoms with Crippen LogP contribution in [0.2, 0.25) is 0 Å². The van der Waals surface area contributed by atoms with Crippen molar-refractivity contribution in [3.05, 3.63) is 55.5 Å². The summed E-state index contributed by atoms with van der Waals surface area (Å²) in [4.78, 5) is 32.2. The van der Waals surface area contributed by atoms with Gasteiger partial charge in [0.25, 0.3) is 0 Å². The van der Waals surface area contributed by atoms with Crippen molar-refractivity contribution >= 4 is 22.8 Å². The number of aliphatic hydroxyl groups excluding tert-OH is 1. The summed E-state index contributed by atoms with van der Waals surface area (Å²) < 4.78 is 17.1. The number of carbonyl (C=O) groups excluding carboxylic acids is 2. The van der Waals surface area contributed by atoms with Gasteiger partial charge in [-0.1, -0.05) is 12.7 Å². The van der Waals surface area contributed by atoms with Crippen molar-refractivity contribution in [2.75, 3.05) is 13.7 Å². The molecule has 1 saturated heterocycles. The number of nitrogens with zero attached hydrogens (tertiary/aromatic N) is 2. The largest absolute Gasteiger partial charge is 0.510 e. The van der Waals surface area contributed by atoms with Crippen LogP contribution in [0.1, 0.15) is 33.6 Å². The van der Waals surface area contributed by atoms with Crippen molar-refractivity contribution in [1.29, 1.82) is 0 Å². The Hall–Kier alpha value is -3.75. The minimum absolute atomic E-state index is 0.126. The summed E-state index contributed by atoms with van der Waals surface area (Å²) in [7, 11) is 1.60. The van der Waals surface area contributed by atoms with Crippen LogP contribution in [0.4, 0.5) is 4.79 Å². The molecule has 2 fully saturated rings. The molecule has 192 valence electrons. The van der Waals surface area contributed by atoms with E-state index in [1.165, 1.54) is 4.90 Å². The maximum absolute atomic E-state index is 13.4. The first-order chi connectivity index (χ1) is 17.0. The molecule has 4 rings (SSSR count). The summed E-state index contributed by atoms with van der Waals surface area (Å²) in [6.45, 7) is 12.8. The Morgan fingerprint density at radius 2 is 2.06 bits per heavy atom. The van der Waals surface area contributed by atoms with Gasteiger partial charge in [-0.15, -0.1) is 6.58 Å². The molecule has 9 heteroatoms. The Labute approximate surface area is 210 Å². The first-order valence-electron chi connectivity index (χ1n) is 11.9. The standard InChI is InChI=1S/C27H33N3O6/c1-7-18-14-27(18,16(2)31)29-23(32)22-13-20(15-30(22)25(33)36-26(3,4)5)35-24-21-9-8-19(34-6)12-17(21)10-11-28-24/h7-12,18,20,22,31H,1-2,13-15H2,3-6H3,(H,29,32)/t18-,20-,22+,27+/m1/s1. The predicted octanol–water partition coefficient (Wildman–Crippen LogP) is 4.13. The number of carbonyl (C=O) groups is 2. The smallest absolute Gasteiger partial charge is 0.411 e. The molecule has 1 aromatic heterocycles. The van der Waals surface area contributed by atoms with Gasteiger partial charge in [-0.3, -0.25) is 9.69 Å². The fourth-order valence-corrected chi connectivity index (χ4v) is 4.58. The van der Waals surface area contributed by atoms with E-state index in [-0.39, 0.29) is 24.6 Å². The summed E-state index contributed by atoms with van der Waals surface area (Å²) >= 11 is 0. The molecule has 1 saturated carbocycles. The van der Waals surface area contributed by atoms with Gasteiger partial charge in [0.1, 0.15) is 34.8 Å². The Morgan fingerprint density at radius 1 is 1.31 bits per heavy atom. The molecule has 2 amide bonds. The number of likely N-dealkylation sites (tertiary alicyclic amines) is 1. The van der Waals surface area contributed by atoms with E-state index in [0.717, 1.165) is 10.8 Å². The van der Waals surface area contributed by atoms with Crippen LogP contribution in [0.3, 0.4) is 0 Å².